The van der Waals surface area contributed by atoms with E-state index in [0.29, 0.717) is 13.0 Å². The number of carbonyl (C=O) groups is 1. The zero-order valence-electron chi connectivity index (χ0n) is 33.9. The summed E-state index contributed by atoms with van der Waals surface area (Å²) in [7, 11) is -4.27. The summed E-state index contributed by atoms with van der Waals surface area (Å²) in [5, 5.41) is 0. The fourth-order valence-electron chi connectivity index (χ4n) is 6.53. The number of rotatable bonds is 43. The van der Waals surface area contributed by atoms with Crippen LogP contribution in [0.2, 0.25) is 0 Å². The molecular formula is C42H86NO7P. The van der Waals surface area contributed by atoms with Crippen LogP contribution < -0.4 is 5.73 Å². The second kappa shape index (κ2) is 40.7. The average Bonchev–Trinajstić information content (AvgIpc) is 3.12. The maximum atomic E-state index is 12.6. The van der Waals surface area contributed by atoms with E-state index >= 15 is 0 Å². The van der Waals surface area contributed by atoms with Gasteiger partial charge in [0.05, 0.1) is 19.8 Å². The van der Waals surface area contributed by atoms with Gasteiger partial charge in [-0.05, 0) is 12.8 Å². The number of nitrogens with two attached hydrogens (primary N) is 1. The van der Waals surface area contributed by atoms with E-state index in [-0.39, 0.29) is 32.3 Å². The van der Waals surface area contributed by atoms with Crippen LogP contribution in [-0.2, 0) is 27.9 Å². The first-order chi connectivity index (χ1) is 24.9. The summed E-state index contributed by atoms with van der Waals surface area (Å²) >= 11 is 0. The molecule has 0 radical (unpaired) electrons. The number of carbonyl (C=O) groups excluding carboxylic acids is 1. The first kappa shape index (κ1) is 50.5. The molecular weight excluding hydrogens is 661 g/mol. The molecule has 51 heavy (non-hydrogen) atoms. The molecule has 9 heteroatoms. The van der Waals surface area contributed by atoms with E-state index < -0.39 is 13.9 Å². The van der Waals surface area contributed by atoms with Gasteiger partial charge in [0.1, 0.15) is 6.10 Å². The van der Waals surface area contributed by atoms with Gasteiger partial charge in [0.25, 0.3) is 0 Å². The van der Waals surface area contributed by atoms with Crippen LogP contribution in [0.1, 0.15) is 226 Å². The number of ether oxygens (including phenoxy) is 2. The minimum Gasteiger partial charge on any atom is -0.457 e. The van der Waals surface area contributed by atoms with E-state index in [2.05, 4.69) is 13.8 Å². The van der Waals surface area contributed by atoms with E-state index in [1.165, 1.54) is 173 Å². The predicted molar refractivity (Wildman–Crippen MR) is 215 cm³/mol. The molecule has 0 bridgehead atoms. The summed E-state index contributed by atoms with van der Waals surface area (Å²) in [5.41, 5.74) is 5.37. The molecule has 0 spiro atoms. The molecule has 0 aromatic rings. The molecule has 0 fully saturated rings. The lowest BCUT2D eigenvalue weighted by Gasteiger charge is -2.20. The quantitative estimate of drug-likeness (QED) is 0.0360. The highest BCUT2D eigenvalue weighted by atomic mass is 31.2. The molecule has 0 aliphatic carbocycles. The SMILES string of the molecule is CCCCCCCCCCCCCCCCCCCCOCC(COP(=O)(O)OCCN)OC(=O)CCCCCCCCCCCCCCCC. The molecule has 0 aliphatic rings. The fraction of sp³-hybridized carbons (Fsp3) is 0.976. The lowest BCUT2D eigenvalue weighted by Crippen LogP contribution is -2.28. The third kappa shape index (κ3) is 40.5. The second-order valence-electron chi connectivity index (χ2n) is 14.9. The highest BCUT2D eigenvalue weighted by Crippen LogP contribution is 2.43. The maximum absolute atomic E-state index is 12.6. The predicted octanol–water partition coefficient (Wildman–Crippen LogP) is 12.9. The molecule has 0 rings (SSSR count). The summed E-state index contributed by atoms with van der Waals surface area (Å²) in [6, 6.07) is 0. The van der Waals surface area contributed by atoms with Gasteiger partial charge >= 0.3 is 13.8 Å². The molecule has 0 aromatic carbocycles. The van der Waals surface area contributed by atoms with E-state index in [4.69, 9.17) is 24.3 Å². The van der Waals surface area contributed by atoms with Crippen molar-refractivity contribution in [3.63, 3.8) is 0 Å². The Hall–Kier alpha value is -0.500. The number of phosphoric acid groups is 1. The van der Waals surface area contributed by atoms with Crippen LogP contribution in [0, 0.1) is 0 Å². The van der Waals surface area contributed by atoms with Crippen LogP contribution in [-0.4, -0.2) is 49.9 Å². The molecule has 0 aliphatic heterocycles. The summed E-state index contributed by atoms with van der Waals surface area (Å²) < 4.78 is 33.4. The van der Waals surface area contributed by atoms with E-state index in [9.17, 15) is 14.3 Å². The van der Waals surface area contributed by atoms with Gasteiger partial charge in [0.15, 0.2) is 0 Å². The van der Waals surface area contributed by atoms with Crippen molar-refractivity contribution >= 4 is 13.8 Å². The third-order valence-corrected chi connectivity index (χ3v) is 10.8. The lowest BCUT2D eigenvalue weighted by molar-refractivity contribution is -0.154. The Balaban J connectivity index is 3.95. The molecule has 0 amide bonds. The highest BCUT2D eigenvalue weighted by Gasteiger charge is 2.25. The Morgan fingerprint density at radius 3 is 1.24 bits per heavy atom. The molecule has 3 N–H and O–H groups in total. The van der Waals surface area contributed by atoms with Crippen molar-refractivity contribution < 1.29 is 32.8 Å². The Labute approximate surface area is 316 Å². The molecule has 0 aromatic heterocycles. The van der Waals surface area contributed by atoms with Gasteiger partial charge in [0.2, 0.25) is 0 Å². The topological polar surface area (TPSA) is 117 Å². The van der Waals surface area contributed by atoms with Gasteiger partial charge in [-0.3, -0.25) is 13.8 Å². The lowest BCUT2D eigenvalue weighted by atomic mass is 10.0. The number of esters is 1. The standard InChI is InChI=1S/C42H86NO7P/c1-3-5-7-9-11-13-15-17-19-20-21-22-24-26-28-30-32-34-37-47-39-41(40-49-51(45,46)48-38-36-43)50-42(44)35-33-31-29-27-25-23-18-16-14-12-10-8-6-4-2/h41H,3-40,43H2,1-2H3,(H,45,46). The Kier molecular flexibility index (Phi) is 40.3. The van der Waals surface area contributed by atoms with Crippen molar-refractivity contribution in [1.82, 2.24) is 0 Å². The summed E-state index contributed by atoms with van der Waals surface area (Å²) in [5.74, 6) is -0.324. The summed E-state index contributed by atoms with van der Waals surface area (Å²) in [6.45, 7) is 4.98. The van der Waals surface area contributed by atoms with Crippen LogP contribution in [0.15, 0.2) is 0 Å². The molecule has 0 heterocycles. The minimum atomic E-state index is -4.27. The third-order valence-electron chi connectivity index (χ3n) is 9.77. The minimum absolute atomic E-state index is 0.0901. The van der Waals surface area contributed by atoms with E-state index in [0.717, 1.165) is 32.1 Å². The van der Waals surface area contributed by atoms with Gasteiger partial charge in [-0.2, -0.15) is 0 Å². The number of hydrogen-bond acceptors (Lipinski definition) is 7. The van der Waals surface area contributed by atoms with Crippen LogP contribution >= 0.6 is 7.82 Å². The molecule has 8 nitrogen and oxygen atoms in total. The molecule has 2 atom stereocenters. The number of unbranched alkanes of at least 4 members (excludes halogenated alkanes) is 30. The van der Waals surface area contributed by atoms with Crippen LogP contribution in [0.4, 0.5) is 0 Å². The summed E-state index contributed by atoms with van der Waals surface area (Å²) in [4.78, 5) is 22.5. The van der Waals surface area contributed by atoms with Crippen molar-refractivity contribution in [2.75, 3.05) is 33.0 Å². The zero-order valence-corrected chi connectivity index (χ0v) is 34.8. The monoisotopic (exact) mass is 748 g/mol. The normalized spacial score (nSPS) is 13.4. The molecule has 2 unspecified atom stereocenters. The van der Waals surface area contributed by atoms with Gasteiger partial charge in [0, 0.05) is 19.6 Å². The van der Waals surface area contributed by atoms with Gasteiger partial charge in [-0.15, -0.1) is 0 Å². The van der Waals surface area contributed by atoms with Crippen LogP contribution in [0.3, 0.4) is 0 Å². The first-order valence-electron chi connectivity index (χ1n) is 22.0. The fourth-order valence-corrected chi connectivity index (χ4v) is 7.29. The summed E-state index contributed by atoms with van der Waals surface area (Å²) in [6.07, 6.45) is 41.2. The zero-order chi connectivity index (χ0) is 37.4. The highest BCUT2D eigenvalue weighted by molar-refractivity contribution is 7.47. The van der Waals surface area contributed by atoms with Gasteiger partial charge in [-0.25, -0.2) is 4.57 Å². The smallest absolute Gasteiger partial charge is 0.457 e. The first-order valence-corrected chi connectivity index (χ1v) is 23.5. The average molecular weight is 748 g/mol. The van der Waals surface area contributed by atoms with Gasteiger partial charge < -0.3 is 20.1 Å². The van der Waals surface area contributed by atoms with Crippen molar-refractivity contribution in [3.05, 3.63) is 0 Å². The van der Waals surface area contributed by atoms with Crippen molar-refractivity contribution in [2.45, 2.75) is 232 Å². The second-order valence-corrected chi connectivity index (χ2v) is 16.4. The largest absolute Gasteiger partial charge is 0.472 e. The Morgan fingerprint density at radius 2 is 0.863 bits per heavy atom. The Bertz CT molecular complexity index is 757. The van der Waals surface area contributed by atoms with Crippen LogP contribution in [0.5, 0.6) is 0 Å². The van der Waals surface area contributed by atoms with Crippen molar-refractivity contribution in [2.24, 2.45) is 5.73 Å². The molecule has 306 valence electrons. The molecule has 0 saturated heterocycles. The van der Waals surface area contributed by atoms with Crippen LogP contribution in [0.25, 0.3) is 0 Å². The Morgan fingerprint density at radius 1 is 0.510 bits per heavy atom. The van der Waals surface area contributed by atoms with E-state index in [1.807, 2.05) is 0 Å². The molecule has 0 saturated carbocycles. The van der Waals surface area contributed by atoms with Gasteiger partial charge in [-0.1, -0.05) is 206 Å². The van der Waals surface area contributed by atoms with E-state index in [1.54, 1.807) is 0 Å². The number of hydrogen-bond donors (Lipinski definition) is 2. The number of phosphoric ester groups is 1. The maximum Gasteiger partial charge on any atom is 0.472 e. The van der Waals surface area contributed by atoms with Crippen molar-refractivity contribution in [3.8, 4) is 0 Å². The van der Waals surface area contributed by atoms with Crippen molar-refractivity contribution in [1.29, 1.82) is 0 Å².